The van der Waals surface area contributed by atoms with Crippen molar-refractivity contribution < 1.29 is 19.1 Å². The molecule has 3 N–H and O–H groups in total. The molecule has 1 aliphatic rings. The van der Waals surface area contributed by atoms with Gasteiger partial charge in [0.15, 0.2) is 0 Å². The summed E-state index contributed by atoms with van der Waals surface area (Å²) < 4.78 is 10.7. The lowest BCUT2D eigenvalue weighted by atomic mass is 9.88. The van der Waals surface area contributed by atoms with E-state index in [9.17, 15) is 9.59 Å². The van der Waals surface area contributed by atoms with E-state index in [4.69, 9.17) is 15.2 Å². The molecule has 0 aromatic carbocycles. The lowest BCUT2D eigenvalue weighted by Crippen LogP contribution is -2.56. The second-order valence-corrected chi connectivity index (χ2v) is 4.84. The van der Waals surface area contributed by atoms with Crippen LogP contribution >= 0.6 is 0 Å². The SMILES string of the molecule is CCCO[C@@H]1C=C(C(=O)OCC)C[C@H](N)[C@H]1NC(C)=O. The van der Waals surface area contributed by atoms with Crippen LogP contribution in [-0.4, -0.2) is 43.3 Å². The zero-order valence-electron chi connectivity index (χ0n) is 12.3. The van der Waals surface area contributed by atoms with Gasteiger partial charge in [0.25, 0.3) is 0 Å². The number of ether oxygens (including phenoxy) is 2. The van der Waals surface area contributed by atoms with Gasteiger partial charge in [-0.3, -0.25) is 4.79 Å². The lowest BCUT2D eigenvalue weighted by molar-refractivity contribution is -0.139. The van der Waals surface area contributed by atoms with Gasteiger partial charge in [-0.25, -0.2) is 4.79 Å². The van der Waals surface area contributed by atoms with E-state index in [0.29, 0.717) is 25.2 Å². The lowest BCUT2D eigenvalue weighted by Gasteiger charge is -2.34. The zero-order chi connectivity index (χ0) is 15.1. The van der Waals surface area contributed by atoms with E-state index in [1.165, 1.54) is 6.92 Å². The number of carbonyl (C=O) groups is 2. The summed E-state index contributed by atoms with van der Waals surface area (Å²) in [5.74, 6) is -0.530. The van der Waals surface area contributed by atoms with Crippen LogP contribution in [0, 0.1) is 0 Å². The Morgan fingerprint density at radius 1 is 1.45 bits per heavy atom. The molecule has 0 heterocycles. The Hall–Kier alpha value is -1.40. The Morgan fingerprint density at radius 2 is 2.15 bits per heavy atom. The van der Waals surface area contributed by atoms with Crippen LogP contribution in [0.5, 0.6) is 0 Å². The van der Waals surface area contributed by atoms with E-state index >= 15 is 0 Å². The van der Waals surface area contributed by atoms with Crippen LogP contribution in [0.2, 0.25) is 0 Å². The van der Waals surface area contributed by atoms with E-state index in [0.717, 1.165) is 6.42 Å². The average Bonchev–Trinajstić information content (AvgIpc) is 2.39. The van der Waals surface area contributed by atoms with Crippen molar-refractivity contribution in [2.24, 2.45) is 5.73 Å². The molecule has 0 bridgehead atoms. The summed E-state index contributed by atoms with van der Waals surface area (Å²) in [6.45, 7) is 6.05. The monoisotopic (exact) mass is 284 g/mol. The summed E-state index contributed by atoms with van der Waals surface area (Å²) in [5, 5.41) is 2.80. The van der Waals surface area contributed by atoms with Crippen LogP contribution in [0.1, 0.15) is 33.6 Å². The quantitative estimate of drug-likeness (QED) is 0.693. The van der Waals surface area contributed by atoms with E-state index < -0.39 is 6.10 Å². The maximum Gasteiger partial charge on any atom is 0.333 e. The topological polar surface area (TPSA) is 90.7 Å². The van der Waals surface area contributed by atoms with Gasteiger partial charge in [0.1, 0.15) is 0 Å². The fraction of sp³-hybridized carbons (Fsp3) is 0.714. The molecule has 0 aliphatic heterocycles. The number of hydrogen-bond donors (Lipinski definition) is 2. The van der Waals surface area contributed by atoms with Crippen molar-refractivity contribution in [3.8, 4) is 0 Å². The first-order valence-corrected chi connectivity index (χ1v) is 7.01. The van der Waals surface area contributed by atoms with Gasteiger partial charge in [0.2, 0.25) is 5.91 Å². The fourth-order valence-electron chi connectivity index (χ4n) is 2.20. The van der Waals surface area contributed by atoms with Gasteiger partial charge in [0.05, 0.1) is 18.8 Å². The minimum Gasteiger partial charge on any atom is -0.463 e. The molecule has 0 unspecified atom stereocenters. The molecule has 0 radical (unpaired) electrons. The summed E-state index contributed by atoms with van der Waals surface area (Å²) in [6, 6.07) is -0.692. The molecule has 0 aromatic heterocycles. The predicted octanol–water partition coefficient (Wildman–Crippen LogP) is 0.507. The minimum absolute atomic E-state index is 0.163. The third-order valence-electron chi connectivity index (χ3n) is 3.06. The highest BCUT2D eigenvalue weighted by Crippen LogP contribution is 2.22. The van der Waals surface area contributed by atoms with Crippen molar-refractivity contribution >= 4 is 11.9 Å². The van der Waals surface area contributed by atoms with Gasteiger partial charge in [-0.05, 0) is 25.8 Å². The Kier molecular flexibility index (Phi) is 6.67. The molecule has 0 saturated carbocycles. The Balaban J connectivity index is 2.88. The number of amides is 1. The van der Waals surface area contributed by atoms with E-state index in [1.54, 1.807) is 13.0 Å². The number of rotatable bonds is 6. The second-order valence-electron chi connectivity index (χ2n) is 4.84. The highest BCUT2D eigenvalue weighted by molar-refractivity contribution is 5.89. The zero-order valence-corrected chi connectivity index (χ0v) is 12.3. The van der Waals surface area contributed by atoms with Gasteiger partial charge in [0, 0.05) is 25.1 Å². The van der Waals surface area contributed by atoms with Gasteiger partial charge in [-0.15, -0.1) is 0 Å². The van der Waals surface area contributed by atoms with E-state index in [1.807, 2.05) is 6.92 Å². The van der Waals surface area contributed by atoms with Crippen LogP contribution in [-0.2, 0) is 19.1 Å². The van der Waals surface area contributed by atoms with Crippen molar-refractivity contribution in [3.63, 3.8) is 0 Å². The highest BCUT2D eigenvalue weighted by atomic mass is 16.5. The summed E-state index contributed by atoms with van der Waals surface area (Å²) in [6.07, 6.45) is 2.54. The molecule has 0 saturated heterocycles. The second kappa shape index (κ2) is 8.01. The number of nitrogens with one attached hydrogen (secondary N) is 1. The fourth-order valence-corrected chi connectivity index (χ4v) is 2.20. The van der Waals surface area contributed by atoms with Gasteiger partial charge in [-0.1, -0.05) is 6.92 Å². The van der Waals surface area contributed by atoms with Gasteiger partial charge in [-0.2, -0.15) is 0 Å². The van der Waals surface area contributed by atoms with Gasteiger partial charge < -0.3 is 20.5 Å². The Labute approximate surface area is 119 Å². The van der Waals surface area contributed by atoms with Gasteiger partial charge >= 0.3 is 5.97 Å². The first-order valence-electron chi connectivity index (χ1n) is 7.01. The highest BCUT2D eigenvalue weighted by Gasteiger charge is 2.34. The smallest absolute Gasteiger partial charge is 0.333 e. The Morgan fingerprint density at radius 3 is 2.70 bits per heavy atom. The molecule has 6 nitrogen and oxygen atoms in total. The molecular formula is C14H24N2O4. The van der Waals surface area contributed by atoms with Crippen molar-refractivity contribution in [2.75, 3.05) is 13.2 Å². The maximum absolute atomic E-state index is 11.8. The van der Waals surface area contributed by atoms with Crippen molar-refractivity contribution in [2.45, 2.75) is 51.8 Å². The van der Waals surface area contributed by atoms with Crippen molar-refractivity contribution in [1.82, 2.24) is 5.32 Å². The minimum atomic E-state index is -0.401. The molecule has 0 aromatic rings. The van der Waals surface area contributed by atoms with Crippen molar-refractivity contribution in [1.29, 1.82) is 0 Å². The first kappa shape index (κ1) is 16.7. The van der Waals surface area contributed by atoms with Crippen LogP contribution < -0.4 is 11.1 Å². The van der Waals surface area contributed by atoms with E-state index in [2.05, 4.69) is 5.32 Å². The molecule has 20 heavy (non-hydrogen) atoms. The molecule has 1 aliphatic carbocycles. The third kappa shape index (κ3) is 4.61. The number of esters is 1. The largest absolute Gasteiger partial charge is 0.463 e. The predicted molar refractivity (Wildman–Crippen MR) is 74.9 cm³/mol. The maximum atomic E-state index is 11.8. The normalized spacial score (nSPS) is 25.8. The molecule has 0 spiro atoms. The van der Waals surface area contributed by atoms with Crippen LogP contribution in [0.3, 0.4) is 0 Å². The molecular weight excluding hydrogens is 260 g/mol. The van der Waals surface area contributed by atoms with Crippen molar-refractivity contribution in [3.05, 3.63) is 11.6 Å². The standard InChI is InChI=1S/C14H24N2O4/c1-4-6-20-12-8-10(14(18)19-5-2)7-11(15)13(12)16-9(3)17/h8,11-13H,4-7,15H2,1-3H3,(H,16,17)/t11-,12+,13+/m0/s1. The molecule has 1 rings (SSSR count). The van der Waals surface area contributed by atoms with Crippen LogP contribution in [0.4, 0.5) is 0 Å². The molecule has 1 amide bonds. The first-order chi connectivity index (χ1) is 9.49. The van der Waals surface area contributed by atoms with Crippen LogP contribution in [0.15, 0.2) is 11.6 Å². The number of nitrogens with two attached hydrogens (primary N) is 1. The Bertz CT molecular complexity index is 381. The third-order valence-corrected chi connectivity index (χ3v) is 3.06. The van der Waals surface area contributed by atoms with Crippen LogP contribution in [0.25, 0.3) is 0 Å². The van der Waals surface area contributed by atoms with E-state index in [-0.39, 0.29) is 24.0 Å². The molecule has 0 fully saturated rings. The number of carbonyl (C=O) groups excluding carboxylic acids is 2. The molecule has 3 atom stereocenters. The summed E-state index contributed by atoms with van der Waals surface area (Å²) >= 11 is 0. The summed E-state index contributed by atoms with van der Waals surface area (Å²) in [5.41, 5.74) is 6.59. The molecule has 6 heteroatoms. The summed E-state index contributed by atoms with van der Waals surface area (Å²) in [4.78, 5) is 23.1. The molecule has 114 valence electrons. The number of hydrogen-bond acceptors (Lipinski definition) is 5. The average molecular weight is 284 g/mol. The summed E-state index contributed by atoms with van der Waals surface area (Å²) in [7, 11) is 0.